The molecule has 1 aliphatic rings. The Morgan fingerprint density at radius 1 is 1.23 bits per heavy atom. The molecule has 0 spiro atoms. The largest absolute Gasteiger partial charge is 0.388 e. The topological polar surface area (TPSA) is 112 Å². The summed E-state index contributed by atoms with van der Waals surface area (Å²) in [6.07, 6.45) is 2.90. The van der Waals surface area contributed by atoms with Gasteiger partial charge in [0.2, 0.25) is 0 Å². The van der Waals surface area contributed by atoms with Crippen LogP contribution in [0.15, 0.2) is 36.5 Å². The molecule has 164 valence electrons. The Morgan fingerprint density at radius 3 is 2.65 bits per heavy atom. The van der Waals surface area contributed by atoms with Gasteiger partial charge in [-0.2, -0.15) is 5.10 Å². The van der Waals surface area contributed by atoms with Crippen molar-refractivity contribution in [2.24, 2.45) is 0 Å². The van der Waals surface area contributed by atoms with Gasteiger partial charge in [0.05, 0.1) is 24.0 Å². The van der Waals surface area contributed by atoms with Gasteiger partial charge in [0, 0.05) is 37.4 Å². The van der Waals surface area contributed by atoms with Crippen molar-refractivity contribution < 1.29 is 9.90 Å². The number of carbonyl (C=O) groups is 1. The molecule has 1 aliphatic heterocycles. The normalized spacial score (nSPS) is 16.4. The monoisotopic (exact) mass is 423 g/mol. The van der Waals surface area contributed by atoms with Gasteiger partial charge in [0.15, 0.2) is 5.69 Å². The number of likely N-dealkylation sites (tertiary alicyclic amines) is 1. The van der Waals surface area contributed by atoms with Crippen LogP contribution in [-0.4, -0.2) is 59.8 Å². The Hall–Kier alpha value is -3.04. The molecule has 0 saturated carbocycles. The predicted molar refractivity (Wildman–Crippen MR) is 115 cm³/mol. The fourth-order valence-electron chi connectivity index (χ4n) is 4.00. The number of aromatic nitrogens is 5. The predicted octanol–water partition coefficient (Wildman–Crippen LogP) is 1.58. The van der Waals surface area contributed by atoms with Crippen LogP contribution in [-0.2, 0) is 19.6 Å². The lowest BCUT2D eigenvalue weighted by atomic mass is 9.91. The Kier molecular flexibility index (Phi) is 6.15. The molecule has 1 saturated heterocycles. The summed E-state index contributed by atoms with van der Waals surface area (Å²) in [6, 6.07) is 10.4. The van der Waals surface area contributed by atoms with E-state index in [1.54, 1.807) is 10.9 Å². The number of carbonyl (C=O) groups excluding carboxylic acids is 1. The first kappa shape index (κ1) is 21.2. The van der Waals surface area contributed by atoms with Crippen LogP contribution >= 0.6 is 0 Å². The quantitative estimate of drug-likeness (QED) is 0.532. The molecule has 1 amide bonds. The summed E-state index contributed by atoms with van der Waals surface area (Å²) < 4.78 is 1.57. The molecule has 31 heavy (non-hydrogen) atoms. The molecule has 4 rings (SSSR count). The lowest BCUT2D eigenvalue weighted by Crippen LogP contribution is -2.46. The molecular weight excluding hydrogens is 394 g/mol. The van der Waals surface area contributed by atoms with E-state index in [-0.39, 0.29) is 11.6 Å². The Bertz CT molecular complexity index is 1000. The lowest BCUT2D eigenvalue weighted by Gasteiger charge is -2.38. The second-order valence-electron chi connectivity index (χ2n) is 8.38. The molecule has 1 fully saturated rings. The highest BCUT2D eigenvalue weighted by Crippen LogP contribution is 2.25. The van der Waals surface area contributed by atoms with Crippen molar-refractivity contribution in [3.8, 4) is 0 Å². The van der Waals surface area contributed by atoms with Crippen LogP contribution in [0.1, 0.15) is 45.8 Å². The second kappa shape index (κ2) is 8.99. The van der Waals surface area contributed by atoms with Crippen molar-refractivity contribution in [1.82, 2.24) is 35.4 Å². The van der Waals surface area contributed by atoms with Gasteiger partial charge in [-0.3, -0.25) is 14.8 Å². The van der Waals surface area contributed by atoms with E-state index >= 15 is 0 Å². The smallest absolute Gasteiger partial charge is 0.273 e. The SMILES string of the molecule is Cc1n[nH]c(C)c1CNC(=O)c1cn(CC2(O)CCN(Cc3ccccc3)CC2)nn1. The molecule has 3 heterocycles. The fraction of sp³-hybridized carbons (Fsp3) is 0.455. The molecule has 0 aliphatic carbocycles. The van der Waals surface area contributed by atoms with Crippen molar-refractivity contribution in [2.45, 2.75) is 51.9 Å². The number of benzene rings is 1. The maximum atomic E-state index is 12.4. The van der Waals surface area contributed by atoms with Crippen LogP contribution in [0.3, 0.4) is 0 Å². The number of amides is 1. The number of hydrogen-bond acceptors (Lipinski definition) is 6. The molecule has 9 nitrogen and oxygen atoms in total. The van der Waals surface area contributed by atoms with Crippen molar-refractivity contribution in [2.75, 3.05) is 13.1 Å². The number of aliphatic hydroxyl groups is 1. The third-order valence-electron chi connectivity index (χ3n) is 5.97. The second-order valence-corrected chi connectivity index (χ2v) is 8.38. The minimum absolute atomic E-state index is 0.240. The summed E-state index contributed by atoms with van der Waals surface area (Å²) in [6.45, 7) is 7.04. The number of rotatable bonds is 7. The van der Waals surface area contributed by atoms with E-state index in [1.807, 2.05) is 32.0 Å². The fourth-order valence-corrected chi connectivity index (χ4v) is 4.00. The number of nitrogens with one attached hydrogen (secondary N) is 2. The zero-order valence-corrected chi connectivity index (χ0v) is 18.0. The van der Waals surface area contributed by atoms with Crippen molar-refractivity contribution >= 4 is 5.91 Å². The first-order valence-corrected chi connectivity index (χ1v) is 10.6. The van der Waals surface area contributed by atoms with E-state index in [1.165, 1.54) is 5.56 Å². The van der Waals surface area contributed by atoms with Gasteiger partial charge in [0.25, 0.3) is 5.91 Å². The van der Waals surface area contributed by atoms with Gasteiger partial charge in [-0.1, -0.05) is 35.5 Å². The lowest BCUT2D eigenvalue weighted by molar-refractivity contribution is -0.0383. The Balaban J connectivity index is 1.29. The van der Waals surface area contributed by atoms with Crippen LogP contribution in [0.4, 0.5) is 0 Å². The number of hydrogen-bond donors (Lipinski definition) is 3. The minimum atomic E-state index is -0.848. The van der Waals surface area contributed by atoms with Crippen LogP contribution in [0.25, 0.3) is 0 Å². The molecule has 0 radical (unpaired) electrons. The van der Waals surface area contributed by atoms with Gasteiger partial charge in [-0.15, -0.1) is 5.10 Å². The van der Waals surface area contributed by atoms with E-state index in [4.69, 9.17) is 0 Å². The van der Waals surface area contributed by atoms with E-state index in [0.717, 1.165) is 36.6 Å². The van der Waals surface area contributed by atoms with E-state index in [9.17, 15) is 9.90 Å². The highest BCUT2D eigenvalue weighted by molar-refractivity contribution is 5.91. The summed E-state index contributed by atoms with van der Waals surface area (Å²) in [4.78, 5) is 14.8. The summed E-state index contributed by atoms with van der Waals surface area (Å²) in [5, 5.41) is 29.0. The zero-order chi connectivity index (χ0) is 21.8. The number of H-pyrrole nitrogens is 1. The van der Waals surface area contributed by atoms with Gasteiger partial charge in [-0.05, 0) is 32.3 Å². The highest BCUT2D eigenvalue weighted by Gasteiger charge is 2.33. The Morgan fingerprint density at radius 2 is 1.97 bits per heavy atom. The van der Waals surface area contributed by atoms with Gasteiger partial charge in [-0.25, -0.2) is 4.68 Å². The van der Waals surface area contributed by atoms with E-state index in [0.29, 0.717) is 25.9 Å². The van der Waals surface area contributed by atoms with Gasteiger partial charge < -0.3 is 10.4 Å². The number of nitrogens with zero attached hydrogens (tertiary/aromatic N) is 5. The van der Waals surface area contributed by atoms with Crippen LogP contribution in [0.5, 0.6) is 0 Å². The van der Waals surface area contributed by atoms with Crippen molar-refractivity contribution in [3.05, 3.63) is 64.7 Å². The molecule has 0 atom stereocenters. The van der Waals surface area contributed by atoms with Crippen LogP contribution < -0.4 is 5.32 Å². The summed E-state index contributed by atoms with van der Waals surface area (Å²) in [5.74, 6) is -0.295. The maximum absolute atomic E-state index is 12.4. The Labute approximate surface area is 181 Å². The molecule has 0 unspecified atom stereocenters. The van der Waals surface area contributed by atoms with Crippen molar-refractivity contribution in [3.63, 3.8) is 0 Å². The third kappa shape index (κ3) is 5.18. The van der Waals surface area contributed by atoms with Gasteiger partial charge >= 0.3 is 0 Å². The summed E-state index contributed by atoms with van der Waals surface area (Å²) in [7, 11) is 0. The summed E-state index contributed by atoms with van der Waals surface area (Å²) in [5.41, 5.74) is 3.44. The number of piperidine rings is 1. The van der Waals surface area contributed by atoms with E-state index in [2.05, 4.69) is 42.9 Å². The summed E-state index contributed by atoms with van der Waals surface area (Å²) >= 11 is 0. The molecule has 3 N–H and O–H groups in total. The van der Waals surface area contributed by atoms with Crippen molar-refractivity contribution in [1.29, 1.82) is 0 Å². The molecule has 2 aromatic heterocycles. The van der Waals surface area contributed by atoms with Crippen LogP contribution in [0, 0.1) is 13.8 Å². The highest BCUT2D eigenvalue weighted by atomic mass is 16.3. The minimum Gasteiger partial charge on any atom is -0.388 e. The average Bonchev–Trinajstić information content (AvgIpc) is 3.35. The van der Waals surface area contributed by atoms with E-state index < -0.39 is 5.60 Å². The zero-order valence-electron chi connectivity index (χ0n) is 18.0. The first-order valence-electron chi connectivity index (χ1n) is 10.6. The number of aromatic amines is 1. The van der Waals surface area contributed by atoms with Crippen LogP contribution in [0.2, 0.25) is 0 Å². The molecule has 9 heteroatoms. The first-order chi connectivity index (χ1) is 14.9. The number of aryl methyl sites for hydroxylation is 2. The van der Waals surface area contributed by atoms with Gasteiger partial charge in [0.1, 0.15) is 0 Å². The standard InChI is InChI=1S/C22H29N7O2/c1-16-19(17(2)25-24-16)12-23-21(30)20-14-29(27-26-20)15-22(31)8-10-28(11-9-22)13-18-6-4-3-5-7-18/h3-7,14,31H,8-13,15H2,1-2H3,(H,23,30)(H,24,25). The molecule has 0 bridgehead atoms. The third-order valence-corrected chi connectivity index (χ3v) is 5.97. The maximum Gasteiger partial charge on any atom is 0.273 e. The molecule has 1 aromatic carbocycles. The molecule has 3 aromatic rings. The average molecular weight is 424 g/mol. The molecular formula is C22H29N7O2.